The number of aromatic nitrogens is 2. The highest BCUT2D eigenvalue weighted by Gasteiger charge is 2.18. The first-order chi connectivity index (χ1) is 11.7. The Morgan fingerprint density at radius 2 is 2.08 bits per heavy atom. The van der Waals surface area contributed by atoms with Crippen molar-refractivity contribution >= 4 is 17.4 Å². The van der Waals surface area contributed by atoms with Gasteiger partial charge in [0.05, 0.1) is 24.0 Å². The molecule has 0 bridgehead atoms. The fourth-order valence-electron chi connectivity index (χ4n) is 2.82. The first-order valence-electron chi connectivity index (χ1n) is 8.04. The van der Waals surface area contributed by atoms with Crippen molar-refractivity contribution in [2.75, 3.05) is 23.3 Å². The monoisotopic (exact) mass is 321 g/mol. The van der Waals surface area contributed by atoms with Crippen molar-refractivity contribution in [3.05, 3.63) is 47.9 Å². The van der Waals surface area contributed by atoms with Gasteiger partial charge in [0, 0.05) is 18.8 Å². The Kier molecular flexibility index (Phi) is 4.71. The summed E-state index contributed by atoms with van der Waals surface area (Å²) in [6.07, 6.45) is 5.57. The third kappa shape index (κ3) is 3.69. The Morgan fingerprint density at radius 1 is 1.29 bits per heavy atom. The van der Waals surface area contributed by atoms with E-state index in [1.54, 1.807) is 30.5 Å². The van der Waals surface area contributed by atoms with E-state index in [0.29, 0.717) is 17.2 Å². The topological polar surface area (TPSA) is 81.9 Å². The lowest BCUT2D eigenvalue weighted by atomic mass is 10.0. The number of piperidine rings is 1. The summed E-state index contributed by atoms with van der Waals surface area (Å²) in [6, 6.07) is 8.72. The van der Waals surface area contributed by atoms with Crippen molar-refractivity contribution < 1.29 is 4.79 Å². The molecule has 24 heavy (non-hydrogen) atoms. The average molecular weight is 321 g/mol. The van der Waals surface area contributed by atoms with Gasteiger partial charge >= 0.3 is 0 Å². The van der Waals surface area contributed by atoms with Gasteiger partial charge in [0.15, 0.2) is 0 Å². The van der Waals surface area contributed by atoms with Crippen LogP contribution >= 0.6 is 0 Å². The molecular weight excluding hydrogens is 302 g/mol. The molecule has 1 atom stereocenters. The van der Waals surface area contributed by atoms with E-state index >= 15 is 0 Å². The molecule has 6 heteroatoms. The second-order valence-electron chi connectivity index (χ2n) is 6.10. The third-order valence-electron chi connectivity index (χ3n) is 4.12. The Balaban J connectivity index is 1.66. The molecule has 0 saturated carbocycles. The van der Waals surface area contributed by atoms with Crippen LogP contribution in [0.15, 0.2) is 36.7 Å². The molecule has 0 aliphatic carbocycles. The van der Waals surface area contributed by atoms with E-state index < -0.39 is 0 Å². The fourth-order valence-corrected chi connectivity index (χ4v) is 2.82. The van der Waals surface area contributed by atoms with Crippen molar-refractivity contribution in [1.29, 1.82) is 5.26 Å². The number of nitrogens with zero attached hydrogens (tertiary/aromatic N) is 4. The lowest BCUT2D eigenvalue weighted by molar-refractivity contribution is 0.102. The van der Waals surface area contributed by atoms with Gasteiger partial charge in [-0.3, -0.25) is 4.79 Å². The molecule has 1 amide bonds. The molecule has 0 spiro atoms. The van der Waals surface area contributed by atoms with Gasteiger partial charge in [-0.2, -0.15) is 5.26 Å². The van der Waals surface area contributed by atoms with Crippen molar-refractivity contribution in [2.24, 2.45) is 5.92 Å². The van der Waals surface area contributed by atoms with E-state index in [2.05, 4.69) is 27.1 Å². The summed E-state index contributed by atoms with van der Waals surface area (Å²) in [4.78, 5) is 23.1. The molecule has 1 saturated heterocycles. The van der Waals surface area contributed by atoms with Gasteiger partial charge in [0.2, 0.25) is 0 Å². The molecular formula is C18H19N5O. The minimum Gasteiger partial charge on any atom is -0.355 e. The molecule has 1 aromatic heterocycles. The van der Waals surface area contributed by atoms with Crippen molar-refractivity contribution in [3.8, 4) is 6.07 Å². The summed E-state index contributed by atoms with van der Waals surface area (Å²) in [6.45, 7) is 4.19. The third-order valence-corrected chi connectivity index (χ3v) is 4.12. The fraction of sp³-hybridized carbons (Fsp3) is 0.333. The minimum atomic E-state index is -0.314. The smallest absolute Gasteiger partial charge is 0.275 e. The molecule has 122 valence electrons. The second kappa shape index (κ2) is 7.09. The first kappa shape index (κ1) is 15.9. The molecule has 2 aromatic rings. The van der Waals surface area contributed by atoms with Crippen molar-refractivity contribution in [3.63, 3.8) is 0 Å². The summed E-state index contributed by atoms with van der Waals surface area (Å²) >= 11 is 0. The van der Waals surface area contributed by atoms with E-state index in [9.17, 15) is 4.79 Å². The van der Waals surface area contributed by atoms with Gasteiger partial charge in [-0.05, 0) is 43.0 Å². The highest BCUT2D eigenvalue weighted by Crippen LogP contribution is 2.20. The predicted molar refractivity (Wildman–Crippen MR) is 91.8 cm³/mol. The summed E-state index contributed by atoms with van der Waals surface area (Å²) in [5, 5.41) is 11.5. The van der Waals surface area contributed by atoms with Crippen molar-refractivity contribution in [1.82, 2.24) is 9.97 Å². The molecule has 1 unspecified atom stereocenters. The Labute approximate surface area is 141 Å². The zero-order valence-electron chi connectivity index (χ0n) is 13.6. The SMILES string of the molecule is CC1CCCN(c2cnc(C(=O)Nc3ccc(C#N)cc3)cn2)C1. The van der Waals surface area contributed by atoms with Crippen LogP contribution in [0.1, 0.15) is 35.8 Å². The standard InChI is InChI=1S/C18H19N5O/c1-13-3-2-8-23(12-13)17-11-20-16(10-21-17)18(24)22-15-6-4-14(9-19)5-7-15/h4-7,10-11,13H,2-3,8,12H2,1H3,(H,22,24). The zero-order valence-corrected chi connectivity index (χ0v) is 13.6. The van der Waals surface area contributed by atoms with Crippen LogP contribution in [0.4, 0.5) is 11.5 Å². The quantitative estimate of drug-likeness (QED) is 0.940. The van der Waals surface area contributed by atoms with Gasteiger partial charge in [0.25, 0.3) is 5.91 Å². The van der Waals surface area contributed by atoms with E-state index in [1.807, 2.05) is 6.07 Å². The number of hydrogen-bond acceptors (Lipinski definition) is 5. The molecule has 0 radical (unpaired) electrons. The van der Waals surface area contributed by atoms with Crippen molar-refractivity contribution in [2.45, 2.75) is 19.8 Å². The summed E-state index contributed by atoms with van der Waals surface area (Å²) < 4.78 is 0. The number of nitrogens with one attached hydrogen (secondary N) is 1. The molecule has 3 rings (SSSR count). The zero-order chi connectivity index (χ0) is 16.9. The van der Waals surface area contributed by atoms with Crippen LogP contribution < -0.4 is 10.2 Å². The maximum absolute atomic E-state index is 12.2. The van der Waals surface area contributed by atoms with Crippen LogP contribution in [-0.4, -0.2) is 29.0 Å². The number of amides is 1. The van der Waals surface area contributed by atoms with E-state index in [0.717, 1.165) is 25.3 Å². The Morgan fingerprint density at radius 3 is 2.71 bits per heavy atom. The number of anilines is 2. The lowest BCUT2D eigenvalue weighted by Crippen LogP contribution is -2.35. The number of hydrogen-bond donors (Lipinski definition) is 1. The predicted octanol–water partition coefficient (Wildman–Crippen LogP) is 2.84. The lowest BCUT2D eigenvalue weighted by Gasteiger charge is -2.31. The van der Waals surface area contributed by atoms with E-state index in [4.69, 9.17) is 5.26 Å². The maximum atomic E-state index is 12.2. The molecule has 1 aliphatic rings. The maximum Gasteiger partial charge on any atom is 0.275 e. The van der Waals surface area contributed by atoms with Gasteiger partial charge in [-0.1, -0.05) is 6.92 Å². The number of nitriles is 1. The van der Waals surface area contributed by atoms with Crippen LogP contribution in [0.2, 0.25) is 0 Å². The van der Waals surface area contributed by atoms with E-state index in [1.165, 1.54) is 12.6 Å². The normalized spacial score (nSPS) is 17.2. The molecule has 6 nitrogen and oxygen atoms in total. The highest BCUT2D eigenvalue weighted by molar-refractivity contribution is 6.02. The van der Waals surface area contributed by atoms with Gasteiger partial charge < -0.3 is 10.2 Å². The molecule has 1 fully saturated rings. The van der Waals surface area contributed by atoms with Gasteiger partial charge in [0.1, 0.15) is 11.5 Å². The number of benzene rings is 1. The molecule has 1 aliphatic heterocycles. The van der Waals surface area contributed by atoms with Gasteiger partial charge in [-0.25, -0.2) is 9.97 Å². The first-order valence-corrected chi connectivity index (χ1v) is 8.04. The van der Waals surface area contributed by atoms with Crippen LogP contribution in [0.5, 0.6) is 0 Å². The number of carbonyl (C=O) groups is 1. The van der Waals surface area contributed by atoms with Crippen LogP contribution in [0.3, 0.4) is 0 Å². The second-order valence-corrected chi connectivity index (χ2v) is 6.10. The molecule has 1 N–H and O–H groups in total. The molecule has 2 heterocycles. The van der Waals surface area contributed by atoms with E-state index in [-0.39, 0.29) is 11.6 Å². The Hall–Kier alpha value is -2.94. The Bertz CT molecular complexity index is 748. The van der Waals surface area contributed by atoms with Crippen LogP contribution in [0, 0.1) is 17.2 Å². The summed E-state index contributed by atoms with van der Waals surface area (Å²) in [7, 11) is 0. The molecule has 1 aromatic carbocycles. The minimum absolute atomic E-state index is 0.271. The summed E-state index contributed by atoms with van der Waals surface area (Å²) in [5.74, 6) is 1.15. The highest BCUT2D eigenvalue weighted by atomic mass is 16.1. The average Bonchev–Trinajstić information content (AvgIpc) is 2.62. The van der Waals surface area contributed by atoms with Crippen LogP contribution in [-0.2, 0) is 0 Å². The van der Waals surface area contributed by atoms with Gasteiger partial charge in [-0.15, -0.1) is 0 Å². The van der Waals surface area contributed by atoms with Crippen LogP contribution in [0.25, 0.3) is 0 Å². The summed E-state index contributed by atoms with van der Waals surface area (Å²) in [5.41, 5.74) is 1.44. The largest absolute Gasteiger partial charge is 0.355 e. The number of carbonyl (C=O) groups excluding carboxylic acids is 1. The number of rotatable bonds is 3.